The number of piperidine rings is 1. The maximum atomic E-state index is 12.5. The van der Waals surface area contributed by atoms with E-state index in [1.54, 1.807) is 0 Å². The number of aromatic amines is 1. The molecule has 29 heavy (non-hydrogen) atoms. The predicted octanol–water partition coefficient (Wildman–Crippen LogP) is 3.54. The smallest absolute Gasteiger partial charge is 0.277 e. The number of benzene rings is 2. The Morgan fingerprint density at radius 2 is 1.72 bits per heavy atom. The van der Waals surface area contributed by atoms with E-state index in [-0.39, 0.29) is 5.56 Å². The molecule has 0 atom stereocenters. The van der Waals surface area contributed by atoms with Gasteiger partial charge in [0.2, 0.25) is 0 Å². The molecule has 148 valence electrons. The number of nitrogens with zero attached hydrogens (tertiary/aromatic N) is 4. The zero-order valence-electron chi connectivity index (χ0n) is 16.4. The number of rotatable bonds is 5. The van der Waals surface area contributed by atoms with Crippen LogP contribution in [0.25, 0.3) is 21.8 Å². The first kappa shape index (κ1) is 18.1. The monoisotopic (exact) mass is 387 g/mol. The molecule has 0 bridgehead atoms. The second-order valence-electron chi connectivity index (χ2n) is 7.89. The van der Waals surface area contributed by atoms with Crippen LogP contribution in [0.1, 0.15) is 30.7 Å². The molecule has 0 amide bonds. The van der Waals surface area contributed by atoms with Crippen LogP contribution < -0.4 is 5.56 Å². The summed E-state index contributed by atoms with van der Waals surface area (Å²) < 4.78 is 1.50. The Morgan fingerprint density at radius 1 is 0.966 bits per heavy atom. The fourth-order valence-corrected chi connectivity index (χ4v) is 4.51. The standard InChI is InChI=1S/C23H25N5O/c29-23-19-7-2-4-9-22(19)25-26-28(23)13-5-12-27-14-10-17(11-15-27)20-16-24-21-8-3-1-6-18(20)21/h1-4,6-9,16-17,24H,5,10-15H2. The van der Waals surface area contributed by atoms with Gasteiger partial charge in [0, 0.05) is 23.6 Å². The van der Waals surface area contributed by atoms with Gasteiger partial charge in [-0.2, -0.15) is 0 Å². The highest BCUT2D eigenvalue weighted by Crippen LogP contribution is 2.33. The van der Waals surface area contributed by atoms with E-state index in [0.717, 1.165) is 26.1 Å². The zero-order chi connectivity index (χ0) is 19.6. The molecule has 1 saturated heterocycles. The van der Waals surface area contributed by atoms with Crippen LogP contribution in [0.3, 0.4) is 0 Å². The first-order chi connectivity index (χ1) is 14.3. The molecule has 2 aromatic heterocycles. The van der Waals surface area contributed by atoms with Crippen LogP contribution in [0, 0.1) is 0 Å². The Balaban J connectivity index is 1.17. The summed E-state index contributed by atoms with van der Waals surface area (Å²) in [5.41, 5.74) is 3.30. The summed E-state index contributed by atoms with van der Waals surface area (Å²) in [5, 5.41) is 10.3. The van der Waals surface area contributed by atoms with Gasteiger partial charge in [0.15, 0.2) is 0 Å². The molecule has 0 spiro atoms. The highest BCUT2D eigenvalue weighted by atomic mass is 16.1. The van der Waals surface area contributed by atoms with E-state index in [0.29, 0.717) is 23.4 Å². The number of likely N-dealkylation sites (tertiary alicyclic amines) is 1. The summed E-state index contributed by atoms with van der Waals surface area (Å²) >= 11 is 0. The fraction of sp³-hybridized carbons (Fsp3) is 0.348. The van der Waals surface area contributed by atoms with E-state index in [9.17, 15) is 4.79 Å². The van der Waals surface area contributed by atoms with Crippen LogP contribution in [0.15, 0.2) is 59.5 Å². The summed E-state index contributed by atoms with van der Waals surface area (Å²) in [7, 11) is 0. The third-order valence-electron chi connectivity index (χ3n) is 6.12. The molecule has 6 heteroatoms. The first-order valence-corrected chi connectivity index (χ1v) is 10.4. The molecule has 0 aliphatic carbocycles. The van der Waals surface area contributed by atoms with Gasteiger partial charge < -0.3 is 9.88 Å². The Bertz CT molecular complexity index is 1190. The lowest BCUT2D eigenvalue weighted by Gasteiger charge is -2.31. The number of hydrogen-bond donors (Lipinski definition) is 1. The Morgan fingerprint density at radius 3 is 2.59 bits per heavy atom. The highest BCUT2D eigenvalue weighted by molar-refractivity contribution is 5.83. The van der Waals surface area contributed by atoms with Crippen molar-refractivity contribution >= 4 is 21.8 Å². The van der Waals surface area contributed by atoms with Crippen molar-refractivity contribution in [3.05, 3.63) is 70.6 Å². The summed E-state index contributed by atoms with van der Waals surface area (Å²) in [6.07, 6.45) is 5.45. The molecule has 3 heterocycles. The molecule has 2 aromatic carbocycles. The zero-order valence-corrected chi connectivity index (χ0v) is 16.4. The summed E-state index contributed by atoms with van der Waals surface area (Å²) in [5.74, 6) is 0.622. The topological polar surface area (TPSA) is 66.8 Å². The first-order valence-electron chi connectivity index (χ1n) is 10.4. The van der Waals surface area contributed by atoms with Gasteiger partial charge in [-0.25, -0.2) is 4.68 Å². The number of nitrogens with one attached hydrogen (secondary N) is 1. The van der Waals surface area contributed by atoms with E-state index < -0.39 is 0 Å². The van der Waals surface area contributed by atoms with E-state index in [4.69, 9.17) is 0 Å². The van der Waals surface area contributed by atoms with Crippen LogP contribution in [0.5, 0.6) is 0 Å². The molecule has 0 radical (unpaired) electrons. The number of H-pyrrole nitrogens is 1. The van der Waals surface area contributed by atoms with E-state index in [1.807, 2.05) is 24.3 Å². The lowest BCUT2D eigenvalue weighted by atomic mass is 9.89. The van der Waals surface area contributed by atoms with Gasteiger partial charge in [0.05, 0.1) is 5.39 Å². The minimum absolute atomic E-state index is 0.0476. The molecule has 0 unspecified atom stereocenters. The van der Waals surface area contributed by atoms with Gasteiger partial charge in [-0.1, -0.05) is 35.5 Å². The number of aromatic nitrogens is 4. The van der Waals surface area contributed by atoms with Gasteiger partial charge >= 0.3 is 0 Å². The van der Waals surface area contributed by atoms with E-state index in [1.165, 1.54) is 34.0 Å². The lowest BCUT2D eigenvalue weighted by molar-refractivity contribution is 0.206. The average Bonchev–Trinajstić information content (AvgIpc) is 3.20. The Labute approximate surface area is 169 Å². The maximum Gasteiger partial charge on any atom is 0.277 e. The summed E-state index contributed by atoms with van der Waals surface area (Å²) in [6, 6.07) is 15.9. The van der Waals surface area contributed by atoms with Crippen molar-refractivity contribution in [1.29, 1.82) is 0 Å². The van der Waals surface area contributed by atoms with Crippen molar-refractivity contribution in [3.63, 3.8) is 0 Å². The van der Waals surface area contributed by atoms with Gasteiger partial charge in [0.25, 0.3) is 5.56 Å². The van der Waals surface area contributed by atoms with Gasteiger partial charge in [-0.15, -0.1) is 5.10 Å². The van der Waals surface area contributed by atoms with Gasteiger partial charge in [-0.05, 0) is 68.6 Å². The molecule has 0 saturated carbocycles. The van der Waals surface area contributed by atoms with Crippen LogP contribution in [0.2, 0.25) is 0 Å². The van der Waals surface area contributed by atoms with Crippen molar-refractivity contribution < 1.29 is 0 Å². The molecule has 6 nitrogen and oxygen atoms in total. The molecule has 1 aliphatic rings. The number of aryl methyl sites for hydroxylation is 1. The van der Waals surface area contributed by atoms with Crippen LogP contribution in [0.4, 0.5) is 0 Å². The van der Waals surface area contributed by atoms with E-state index in [2.05, 4.69) is 50.7 Å². The molecular weight excluding hydrogens is 362 g/mol. The summed E-state index contributed by atoms with van der Waals surface area (Å²) in [6.45, 7) is 3.80. The maximum absolute atomic E-state index is 12.5. The third kappa shape index (κ3) is 3.56. The van der Waals surface area contributed by atoms with Crippen molar-refractivity contribution in [2.75, 3.05) is 19.6 Å². The van der Waals surface area contributed by atoms with Crippen molar-refractivity contribution in [1.82, 2.24) is 24.9 Å². The normalized spacial score (nSPS) is 16.0. The minimum Gasteiger partial charge on any atom is -0.361 e. The lowest BCUT2D eigenvalue weighted by Crippen LogP contribution is -2.34. The quantitative estimate of drug-likeness (QED) is 0.569. The average molecular weight is 387 g/mol. The van der Waals surface area contributed by atoms with Crippen molar-refractivity contribution in [3.8, 4) is 0 Å². The highest BCUT2D eigenvalue weighted by Gasteiger charge is 2.22. The SMILES string of the molecule is O=c1c2ccccc2nnn1CCCN1CCC(c2c[nH]c3ccccc23)CC1. The largest absolute Gasteiger partial charge is 0.361 e. The molecule has 1 fully saturated rings. The molecule has 5 rings (SSSR count). The van der Waals surface area contributed by atoms with Gasteiger partial charge in [0.1, 0.15) is 5.52 Å². The number of fused-ring (bicyclic) bond motifs is 2. The van der Waals surface area contributed by atoms with Crippen LogP contribution in [-0.4, -0.2) is 44.5 Å². The summed E-state index contributed by atoms with van der Waals surface area (Å²) in [4.78, 5) is 18.4. The minimum atomic E-state index is -0.0476. The second-order valence-corrected chi connectivity index (χ2v) is 7.89. The molecular formula is C23H25N5O. The molecule has 1 aliphatic heterocycles. The van der Waals surface area contributed by atoms with Crippen molar-refractivity contribution in [2.45, 2.75) is 31.7 Å². The number of hydrogen-bond acceptors (Lipinski definition) is 4. The van der Waals surface area contributed by atoms with Gasteiger partial charge in [-0.3, -0.25) is 4.79 Å². The second kappa shape index (κ2) is 7.79. The Hall–Kier alpha value is -2.99. The molecule has 4 aromatic rings. The Kier molecular flexibility index (Phi) is 4.86. The van der Waals surface area contributed by atoms with Crippen LogP contribution in [-0.2, 0) is 6.54 Å². The number of para-hydroxylation sites is 1. The predicted molar refractivity (Wildman–Crippen MR) is 115 cm³/mol. The fourth-order valence-electron chi connectivity index (χ4n) is 4.51. The molecule has 1 N–H and O–H groups in total. The third-order valence-corrected chi connectivity index (χ3v) is 6.12. The van der Waals surface area contributed by atoms with Crippen molar-refractivity contribution in [2.24, 2.45) is 0 Å². The van der Waals surface area contributed by atoms with Crippen LogP contribution >= 0.6 is 0 Å². The van der Waals surface area contributed by atoms with E-state index >= 15 is 0 Å².